The summed E-state index contributed by atoms with van der Waals surface area (Å²) in [6.07, 6.45) is -2.86. The molecule has 1 aromatic carbocycles. The molecule has 21 heavy (non-hydrogen) atoms. The number of rotatable bonds is 6. The molecule has 0 radical (unpaired) electrons. The van der Waals surface area contributed by atoms with Crippen LogP contribution in [0.4, 0.5) is 13.2 Å². The van der Waals surface area contributed by atoms with E-state index in [0.29, 0.717) is 12.5 Å². The fourth-order valence-corrected chi connectivity index (χ4v) is 2.22. The smallest absolute Gasteiger partial charge is 0.416 e. The van der Waals surface area contributed by atoms with Gasteiger partial charge in [0.15, 0.2) is 5.78 Å². The van der Waals surface area contributed by atoms with Crippen molar-refractivity contribution in [3.63, 3.8) is 0 Å². The number of halogens is 4. The number of ketones is 1. The van der Waals surface area contributed by atoms with Crippen LogP contribution in [0.5, 0.6) is 5.75 Å². The Bertz CT molecular complexity index is 527. The Kier molecular flexibility index (Phi) is 6.63. The Balaban J connectivity index is 3.07. The number of carbonyl (C=O) groups excluding carboxylic acids is 2. The molecule has 0 saturated heterocycles. The summed E-state index contributed by atoms with van der Waals surface area (Å²) in [7, 11) is 0. The van der Waals surface area contributed by atoms with Crippen LogP contribution in [-0.4, -0.2) is 16.2 Å². The van der Waals surface area contributed by atoms with Crippen molar-refractivity contribution >= 4 is 34.3 Å². The number of alkyl halides is 4. The second-order valence-corrected chi connectivity index (χ2v) is 5.45. The van der Waals surface area contributed by atoms with Crippen molar-refractivity contribution in [2.24, 2.45) is 0 Å². The summed E-state index contributed by atoms with van der Waals surface area (Å²) in [5.41, 5.74) is -0.950. The van der Waals surface area contributed by atoms with Gasteiger partial charge in [0.25, 0.3) is 0 Å². The van der Waals surface area contributed by atoms with Gasteiger partial charge in [-0.15, -0.1) is 0 Å². The lowest BCUT2D eigenvalue weighted by molar-refractivity contribution is -0.138. The van der Waals surface area contributed by atoms with Crippen molar-refractivity contribution in [1.82, 2.24) is 0 Å². The summed E-state index contributed by atoms with van der Waals surface area (Å²) >= 11 is 2.18. The molecule has 0 aliphatic heterocycles. The molecule has 1 aromatic rings. The molecule has 116 valence electrons. The Morgan fingerprint density at radius 1 is 1.24 bits per heavy atom. The van der Waals surface area contributed by atoms with E-state index in [4.69, 9.17) is 4.74 Å². The third-order valence-electron chi connectivity index (χ3n) is 2.65. The predicted molar refractivity (Wildman–Crippen MR) is 79.8 cm³/mol. The van der Waals surface area contributed by atoms with E-state index in [9.17, 15) is 22.8 Å². The topological polar surface area (TPSA) is 43.4 Å². The molecule has 1 rings (SSSR count). The fraction of sp³-hybridized carbons (Fsp3) is 0.429. The zero-order valence-corrected chi connectivity index (χ0v) is 13.5. The van der Waals surface area contributed by atoms with Crippen molar-refractivity contribution < 1.29 is 27.5 Å². The quantitative estimate of drug-likeness (QED) is 0.173. The van der Waals surface area contributed by atoms with E-state index >= 15 is 0 Å². The largest absolute Gasteiger partial charge is 0.426 e. The molecule has 0 N–H and O–H groups in total. The van der Waals surface area contributed by atoms with Gasteiger partial charge in [0, 0.05) is 13.3 Å². The molecular formula is C14H14F3IO3. The van der Waals surface area contributed by atoms with Gasteiger partial charge >= 0.3 is 12.1 Å². The maximum Gasteiger partial charge on any atom is 0.416 e. The second-order valence-electron chi connectivity index (χ2n) is 4.37. The van der Waals surface area contributed by atoms with Crippen LogP contribution in [0.15, 0.2) is 18.2 Å². The first-order valence-corrected chi connectivity index (χ1v) is 7.77. The molecule has 3 nitrogen and oxygen atoms in total. The Morgan fingerprint density at radius 2 is 1.90 bits per heavy atom. The minimum atomic E-state index is -4.56. The number of carbonyl (C=O) groups is 2. The Morgan fingerprint density at radius 3 is 2.43 bits per heavy atom. The molecule has 0 amide bonds. The first-order chi connectivity index (χ1) is 9.75. The molecule has 0 aliphatic carbocycles. The number of ether oxygens (including phenoxy) is 1. The van der Waals surface area contributed by atoms with Crippen molar-refractivity contribution in [2.45, 2.75) is 32.4 Å². The van der Waals surface area contributed by atoms with Gasteiger partial charge in [-0.1, -0.05) is 22.6 Å². The van der Waals surface area contributed by atoms with Crippen LogP contribution in [0.25, 0.3) is 0 Å². The molecule has 0 aliphatic rings. The average Bonchev–Trinajstić information content (AvgIpc) is 2.37. The van der Waals surface area contributed by atoms with E-state index in [1.165, 1.54) is 0 Å². The molecule has 0 heterocycles. The highest BCUT2D eigenvalue weighted by Gasteiger charge is 2.32. The average molecular weight is 414 g/mol. The summed E-state index contributed by atoms with van der Waals surface area (Å²) in [6, 6.07) is 2.57. The lowest BCUT2D eigenvalue weighted by Gasteiger charge is -2.12. The van der Waals surface area contributed by atoms with E-state index < -0.39 is 17.7 Å². The summed E-state index contributed by atoms with van der Waals surface area (Å²) in [5.74, 6) is -1.43. The first kappa shape index (κ1) is 17.9. The number of benzene rings is 1. The first-order valence-electron chi connectivity index (χ1n) is 6.24. The van der Waals surface area contributed by atoms with Gasteiger partial charge in [-0.3, -0.25) is 9.59 Å². The van der Waals surface area contributed by atoms with Crippen molar-refractivity contribution in [1.29, 1.82) is 0 Å². The third kappa shape index (κ3) is 5.64. The van der Waals surface area contributed by atoms with Crippen LogP contribution >= 0.6 is 22.6 Å². The number of unbranched alkanes of at least 4 members (excludes halogenated alkanes) is 1. The van der Waals surface area contributed by atoms with Crippen LogP contribution in [0.1, 0.15) is 42.1 Å². The minimum absolute atomic E-state index is 0.00616. The van der Waals surface area contributed by atoms with Gasteiger partial charge in [0.1, 0.15) is 5.75 Å². The number of esters is 1. The van der Waals surface area contributed by atoms with Crippen LogP contribution < -0.4 is 4.74 Å². The van der Waals surface area contributed by atoms with Crippen LogP contribution in [0.3, 0.4) is 0 Å². The standard InChI is InChI=1S/C14H14F3IO3/c1-9(19)21-13-8-10(14(15,16)17)5-6-11(13)12(20)4-2-3-7-18/h5-6,8H,2-4,7H2,1H3. The highest BCUT2D eigenvalue weighted by atomic mass is 127. The van der Waals surface area contributed by atoms with Crippen LogP contribution in [0.2, 0.25) is 0 Å². The van der Waals surface area contributed by atoms with Gasteiger partial charge in [-0.2, -0.15) is 13.2 Å². The summed E-state index contributed by atoms with van der Waals surface area (Å²) in [4.78, 5) is 23.0. The lowest BCUT2D eigenvalue weighted by Crippen LogP contribution is -2.11. The number of Topliss-reactive ketones (excluding diaryl/α,β-unsaturated/α-hetero) is 1. The predicted octanol–water partition coefficient (Wildman–Crippen LogP) is 4.42. The van der Waals surface area contributed by atoms with Gasteiger partial charge in [-0.05, 0) is 35.5 Å². The second kappa shape index (κ2) is 7.77. The van der Waals surface area contributed by atoms with Gasteiger partial charge in [0.05, 0.1) is 11.1 Å². The van der Waals surface area contributed by atoms with Crippen molar-refractivity contribution in [3.8, 4) is 5.75 Å². The van der Waals surface area contributed by atoms with E-state index in [-0.39, 0.29) is 23.5 Å². The molecular weight excluding hydrogens is 400 g/mol. The number of hydrogen-bond donors (Lipinski definition) is 0. The zero-order valence-electron chi connectivity index (χ0n) is 11.3. The van der Waals surface area contributed by atoms with Crippen molar-refractivity contribution in [3.05, 3.63) is 29.3 Å². The van der Waals surface area contributed by atoms with Gasteiger partial charge in [-0.25, -0.2) is 0 Å². The van der Waals surface area contributed by atoms with Crippen LogP contribution in [0, 0.1) is 0 Å². The fourth-order valence-electron chi connectivity index (χ4n) is 1.68. The minimum Gasteiger partial charge on any atom is -0.426 e. The molecule has 0 saturated carbocycles. The summed E-state index contributed by atoms with van der Waals surface area (Å²) in [6.45, 7) is 1.07. The third-order valence-corrected chi connectivity index (χ3v) is 3.41. The maximum absolute atomic E-state index is 12.7. The number of hydrogen-bond acceptors (Lipinski definition) is 3. The lowest BCUT2D eigenvalue weighted by atomic mass is 10.0. The van der Waals surface area contributed by atoms with E-state index in [1.807, 2.05) is 0 Å². The maximum atomic E-state index is 12.7. The van der Waals surface area contributed by atoms with Gasteiger partial charge in [0.2, 0.25) is 0 Å². The summed E-state index contributed by atoms with van der Waals surface area (Å²) in [5, 5.41) is 0. The van der Waals surface area contributed by atoms with E-state index in [1.54, 1.807) is 0 Å². The highest BCUT2D eigenvalue weighted by Crippen LogP contribution is 2.33. The molecule has 7 heteroatoms. The molecule has 0 atom stereocenters. The van der Waals surface area contributed by atoms with E-state index in [0.717, 1.165) is 29.9 Å². The molecule has 0 bridgehead atoms. The normalized spacial score (nSPS) is 11.3. The van der Waals surface area contributed by atoms with Crippen LogP contribution in [-0.2, 0) is 11.0 Å². The van der Waals surface area contributed by atoms with Gasteiger partial charge < -0.3 is 4.74 Å². The molecule has 0 fully saturated rings. The SMILES string of the molecule is CC(=O)Oc1cc(C(F)(F)F)ccc1C(=O)CCCCI. The molecule has 0 unspecified atom stereocenters. The van der Waals surface area contributed by atoms with Crippen molar-refractivity contribution in [2.75, 3.05) is 4.43 Å². The molecule has 0 spiro atoms. The monoisotopic (exact) mass is 414 g/mol. The summed E-state index contributed by atoms with van der Waals surface area (Å²) < 4.78 is 43.6. The molecule has 0 aromatic heterocycles. The van der Waals surface area contributed by atoms with E-state index in [2.05, 4.69) is 22.6 Å². The zero-order chi connectivity index (χ0) is 16.0. The highest BCUT2D eigenvalue weighted by molar-refractivity contribution is 14.1. The Labute approximate surface area is 134 Å². The Hall–Kier alpha value is -1.12.